The maximum atomic E-state index is 12.2. The highest BCUT2D eigenvalue weighted by molar-refractivity contribution is 6.42. The summed E-state index contributed by atoms with van der Waals surface area (Å²) < 4.78 is 1.58. The number of benzene rings is 1. The van der Waals surface area contributed by atoms with Gasteiger partial charge >= 0.3 is 12.0 Å². The average Bonchev–Trinajstić information content (AvgIpc) is 2.96. The van der Waals surface area contributed by atoms with E-state index in [-0.39, 0.29) is 6.42 Å². The third kappa shape index (κ3) is 5.64. The summed E-state index contributed by atoms with van der Waals surface area (Å²) in [4.78, 5) is 22.9. The molecule has 0 saturated carbocycles. The molecule has 0 fully saturated rings. The topological polar surface area (TPSA) is 96.2 Å². The molecule has 0 spiro atoms. The largest absolute Gasteiger partial charge is 0.481 e. The van der Waals surface area contributed by atoms with Gasteiger partial charge in [0.05, 0.1) is 22.8 Å². The number of carbonyl (C=O) groups is 2. The molecular weight excluding hydrogens is 379 g/mol. The molecule has 1 heterocycles. The second-order valence-electron chi connectivity index (χ2n) is 6.44. The molecule has 0 aliphatic heterocycles. The van der Waals surface area contributed by atoms with Gasteiger partial charge in [-0.3, -0.25) is 10.1 Å². The molecule has 26 heavy (non-hydrogen) atoms. The van der Waals surface area contributed by atoms with Crippen LogP contribution in [0.5, 0.6) is 0 Å². The number of anilines is 1. The Labute approximate surface area is 161 Å². The second-order valence-corrected chi connectivity index (χ2v) is 7.23. The number of aliphatic carboxylic acids is 1. The molecule has 0 radical (unpaired) electrons. The number of hydrogen-bond acceptors (Lipinski definition) is 3. The van der Waals surface area contributed by atoms with Crippen molar-refractivity contribution >= 4 is 41.0 Å². The van der Waals surface area contributed by atoms with Crippen LogP contribution in [0.2, 0.25) is 10.0 Å². The van der Waals surface area contributed by atoms with Crippen LogP contribution in [0.15, 0.2) is 30.5 Å². The van der Waals surface area contributed by atoms with Gasteiger partial charge in [-0.15, -0.1) is 0 Å². The van der Waals surface area contributed by atoms with E-state index in [1.807, 2.05) is 6.07 Å². The number of urea groups is 1. The highest BCUT2D eigenvalue weighted by Crippen LogP contribution is 2.26. The van der Waals surface area contributed by atoms with Crippen molar-refractivity contribution < 1.29 is 14.7 Å². The molecule has 1 aromatic heterocycles. The van der Waals surface area contributed by atoms with Gasteiger partial charge < -0.3 is 10.4 Å². The Morgan fingerprint density at radius 2 is 2.00 bits per heavy atom. The Bertz CT molecular complexity index is 805. The quantitative estimate of drug-likeness (QED) is 0.656. The Kier molecular flexibility index (Phi) is 6.50. The van der Waals surface area contributed by atoms with Crippen LogP contribution in [-0.2, 0) is 11.3 Å². The number of hydrogen-bond donors (Lipinski definition) is 3. The van der Waals surface area contributed by atoms with Crippen molar-refractivity contribution in [2.75, 3.05) is 5.32 Å². The number of nitrogens with one attached hydrogen (secondary N) is 2. The van der Waals surface area contributed by atoms with Gasteiger partial charge in [0, 0.05) is 18.0 Å². The summed E-state index contributed by atoms with van der Waals surface area (Å²) in [5.41, 5.74) is 0.108. The van der Waals surface area contributed by atoms with Crippen LogP contribution in [0.1, 0.15) is 32.3 Å². The third-order valence-corrected chi connectivity index (χ3v) is 4.58. The fourth-order valence-corrected chi connectivity index (χ4v) is 2.71. The highest BCUT2D eigenvalue weighted by atomic mass is 35.5. The van der Waals surface area contributed by atoms with Crippen molar-refractivity contribution in [2.45, 2.75) is 38.8 Å². The first-order valence-corrected chi connectivity index (χ1v) is 8.69. The number of rotatable bonds is 7. The lowest BCUT2D eigenvalue weighted by molar-refractivity contribution is -0.137. The van der Waals surface area contributed by atoms with Crippen LogP contribution in [-0.4, -0.2) is 32.4 Å². The van der Waals surface area contributed by atoms with Crippen molar-refractivity contribution in [2.24, 2.45) is 0 Å². The van der Waals surface area contributed by atoms with Crippen LogP contribution in [0.4, 0.5) is 10.6 Å². The van der Waals surface area contributed by atoms with Crippen LogP contribution in [0, 0.1) is 0 Å². The molecule has 9 heteroatoms. The van der Waals surface area contributed by atoms with Gasteiger partial charge in [0.25, 0.3) is 0 Å². The van der Waals surface area contributed by atoms with Crippen molar-refractivity contribution in [3.05, 3.63) is 46.1 Å². The molecule has 2 rings (SSSR count). The predicted octanol–water partition coefficient (Wildman–Crippen LogP) is 4.00. The van der Waals surface area contributed by atoms with Gasteiger partial charge in [0.2, 0.25) is 0 Å². The summed E-state index contributed by atoms with van der Waals surface area (Å²) in [6, 6.07) is 6.52. The van der Waals surface area contributed by atoms with Crippen molar-refractivity contribution in [3.8, 4) is 0 Å². The number of carboxylic acid groups (broad SMARTS) is 1. The molecule has 7 nitrogen and oxygen atoms in total. The van der Waals surface area contributed by atoms with Crippen molar-refractivity contribution in [1.82, 2.24) is 15.1 Å². The minimum Gasteiger partial charge on any atom is -0.481 e. The summed E-state index contributed by atoms with van der Waals surface area (Å²) in [5.74, 6) is -0.427. The Morgan fingerprint density at radius 1 is 1.27 bits per heavy atom. The molecule has 2 amide bonds. The Hall–Kier alpha value is -2.25. The van der Waals surface area contributed by atoms with E-state index in [2.05, 4.69) is 15.7 Å². The zero-order valence-corrected chi connectivity index (χ0v) is 15.9. The minimum absolute atomic E-state index is 0.0293. The Morgan fingerprint density at radius 3 is 2.69 bits per heavy atom. The molecule has 0 aliphatic carbocycles. The fourth-order valence-electron chi connectivity index (χ4n) is 2.33. The van der Waals surface area contributed by atoms with E-state index in [1.54, 1.807) is 42.9 Å². The molecule has 0 saturated heterocycles. The van der Waals surface area contributed by atoms with E-state index >= 15 is 0 Å². The van der Waals surface area contributed by atoms with Gasteiger partial charge in [0.15, 0.2) is 0 Å². The van der Waals surface area contributed by atoms with Crippen LogP contribution < -0.4 is 10.6 Å². The van der Waals surface area contributed by atoms with E-state index in [1.165, 1.54) is 0 Å². The van der Waals surface area contributed by atoms with E-state index in [4.69, 9.17) is 28.3 Å². The summed E-state index contributed by atoms with van der Waals surface area (Å²) >= 11 is 12.2. The first kappa shape index (κ1) is 20.1. The van der Waals surface area contributed by atoms with E-state index in [0.29, 0.717) is 28.8 Å². The number of aromatic nitrogens is 2. The highest BCUT2D eigenvalue weighted by Gasteiger charge is 2.22. The van der Waals surface area contributed by atoms with Gasteiger partial charge in [-0.05, 0) is 31.9 Å². The lowest BCUT2D eigenvalue weighted by Gasteiger charge is -2.25. The number of amides is 2. The molecule has 0 unspecified atom stereocenters. The third-order valence-electron chi connectivity index (χ3n) is 3.73. The number of halogens is 2. The predicted molar refractivity (Wildman–Crippen MR) is 101 cm³/mol. The molecule has 0 bridgehead atoms. The fraction of sp³-hybridized carbons (Fsp3) is 0.353. The monoisotopic (exact) mass is 398 g/mol. The SMILES string of the molecule is CC(C)(CCC(=O)O)NC(=O)Nc1ccnn1Cc1cccc(Cl)c1Cl. The molecule has 1 aromatic carbocycles. The summed E-state index contributed by atoms with van der Waals surface area (Å²) in [6.45, 7) is 3.86. The standard InChI is InChI=1S/C17H20Cl2N4O3/c1-17(2,8-6-14(24)25)22-16(26)21-13-7-9-20-23(13)10-11-4-3-5-12(18)15(11)19/h3-5,7,9H,6,8,10H2,1-2H3,(H,24,25)(H2,21,22,26). The smallest absolute Gasteiger partial charge is 0.320 e. The molecule has 0 aliphatic rings. The lowest BCUT2D eigenvalue weighted by atomic mass is 9.99. The number of carbonyl (C=O) groups excluding carboxylic acids is 1. The molecule has 0 atom stereocenters. The maximum absolute atomic E-state index is 12.2. The summed E-state index contributed by atoms with van der Waals surface area (Å²) in [7, 11) is 0. The van der Waals surface area contributed by atoms with Gasteiger partial charge in [-0.2, -0.15) is 5.10 Å². The van der Waals surface area contributed by atoms with Crippen molar-refractivity contribution in [1.29, 1.82) is 0 Å². The zero-order chi connectivity index (χ0) is 19.3. The lowest BCUT2D eigenvalue weighted by Crippen LogP contribution is -2.46. The molecular formula is C17H20Cl2N4O3. The van der Waals surface area contributed by atoms with Gasteiger partial charge in [0.1, 0.15) is 5.82 Å². The second kappa shape index (κ2) is 8.42. The minimum atomic E-state index is -0.906. The van der Waals surface area contributed by atoms with Crippen molar-refractivity contribution in [3.63, 3.8) is 0 Å². The number of nitrogens with zero attached hydrogens (tertiary/aromatic N) is 2. The first-order chi connectivity index (χ1) is 12.2. The van der Waals surface area contributed by atoms with Crippen LogP contribution >= 0.6 is 23.2 Å². The summed E-state index contributed by atoms with van der Waals surface area (Å²) in [5, 5.41) is 19.3. The molecule has 3 N–H and O–H groups in total. The summed E-state index contributed by atoms with van der Waals surface area (Å²) in [6.07, 6.45) is 1.84. The molecule has 140 valence electrons. The molecule has 2 aromatic rings. The van der Waals surface area contributed by atoms with Gasteiger partial charge in [-0.1, -0.05) is 35.3 Å². The number of carboxylic acids is 1. The normalized spacial score (nSPS) is 11.2. The first-order valence-electron chi connectivity index (χ1n) is 7.93. The average molecular weight is 399 g/mol. The van der Waals surface area contributed by atoms with Gasteiger partial charge in [-0.25, -0.2) is 9.48 Å². The van der Waals surface area contributed by atoms with E-state index in [9.17, 15) is 9.59 Å². The van der Waals surface area contributed by atoms with Crippen LogP contribution in [0.3, 0.4) is 0 Å². The van der Waals surface area contributed by atoms with Crippen LogP contribution in [0.25, 0.3) is 0 Å². The van der Waals surface area contributed by atoms with E-state index < -0.39 is 17.5 Å². The maximum Gasteiger partial charge on any atom is 0.320 e. The Balaban J connectivity index is 2.03. The van der Waals surface area contributed by atoms with E-state index in [0.717, 1.165) is 5.56 Å². The zero-order valence-electron chi connectivity index (χ0n) is 14.4.